The Morgan fingerprint density at radius 1 is 1.08 bits per heavy atom. The molecular weight excluding hydrogens is 498 g/mol. The summed E-state index contributed by atoms with van der Waals surface area (Å²) < 4.78 is 6.63. The molecule has 4 aromatic rings. The summed E-state index contributed by atoms with van der Waals surface area (Å²) in [6.07, 6.45) is 0.872. The number of hydrogen-bond donors (Lipinski definition) is 4. The quantitative estimate of drug-likeness (QED) is 0.292. The Hall–Kier alpha value is -3.76. The van der Waals surface area contributed by atoms with Crippen molar-refractivity contribution in [2.45, 2.75) is 24.0 Å². The van der Waals surface area contributed by atoms with Crippen LogP contribution in [0.1, 0.15) is 38.8 Å². The van der Waals surface area contributed by atoms with Crippen molar-refractivity contribution < 1.29 is 14.3 Å². The van der Waals surface area contributed by atoms with E-state index in [1.807, 2.05) is 37.4 Å². The molecule has 1 saturated heterocycles. The average molecular weight is 528 g/mol. The van der Waals surface area contributed by atoms with E-state index in [2.05, 4.69) is 10.2 Å². The lowest BCUT2D eigenvalue weighted by Crippen LogP contribution is -2.52. The number of rotatable bonds is 5. The van der Waals surface area contributed by atoms with E-state index in [0.29, 0.717) is 48.8 Å². The van der Waals surface area contributed by atoms with Gasteiger partial charge in [-0.05, 0) is 61.5 Å². The lowest BCUT2D eigenvalue weighted by molar-refractivity contribution is -0.124. The van der Waals surface area contributed by atoms with Gasteiger partial charge in [-0.25, -0.2) is 0 Å². The first-order chi connectivity index (χ1) is 18.3. The first-order valence-electron chi connectivity index (χ1n) is 12.5. The highest BCUT2D eigenvalue weighted by atomic mass is 32.1. The fourth-order valence-corrected chi connectivity index (χ4v) is 6.76. The summed E-state index contributed by atoms with van der Waals surface area (Å²) in [6, 6.07) is 19.1. The SMILES string of the molecule is CN1CCC(NC(=O)c2sc3c(N)ccc4c3c2C(N)C(=O)C4(N)c2ccc(Oc3ccccc3)cc2)C1. The fourth-order valence-electron chi connectivity index (χ4n) is 5.56. The van der Waals surface area contributed by atoms with E-state index in [9.17, 15) is 9.59 Å². The smallest absolute Gasteiger partial charge is 0.262 e. The number of ketones is 1. The minimum absolute atomic E-state index is 0.0439. The second-order valence-corrected chi connectivity index (χ2v) is 11.1. The maximum absolute atomic E-state index is 13.9. The zero-order chi connectivity index (χ0) is 26.6. The van der Waals surface area contributed by atoms with Crippen LogP contribution in [0.25, 0.3) is 10.1 Å². The number of benzene rings is 3. The molecule has 2 heterocycles. The number of nitrogens with two attached hydrogens (primary N) is 3. The Morgan fingerprint density at radius 3 is 2.47 bits per heavy atom. The molecule has 6 rings (SSSR count). The second kappa shape index (κ2) is 9.21. The highest BCUT2D eigenvalue weighted by Gasteiger charge is 2.48. The number of hydrogen-bond acceptors (Lipinski definition) is 8. The number of carbonyl (C=O) groups excluding carboxylic acids is 2. The predicted octanol–water partition coefficient (Wildman–Crippen LogP) is 3.49. The summed E-state index contributed by atoms with van der Waals surface area (Å²) in [4.78, 5) is 29.9. The zero-order valence-corrected chi connectivity index (χ0v) is 21.8. The van der Waals surface area contributed by atoms with Crippen LogP contribution in [0.4, 0.5) is 5.69 Å². The third-order valence-electron chi connectivity index (χ3n) is 7.53. The van der Waals surface area contributed by atoms with Crippen LogP contribution in [0.3, 0.4) is 0 Å². The highest BCUT2D eigenvalue weighted by Crippen LogP contribution is 2.49. The number of para-hydroxylation sites is 1. The molecule has 1 fully saturated rings. The summed E-state index contributed by atoms with van der Waals surface area (Å²) in [5.74, 6) is 0.714. The summed E-state index contributed by atoms with van der Waals surface area (Å²) in [5.41, 5.74) is 20.6. The highest BCUT2D eigenvalue weighted by molar-refractivity contribution is 7.21. The normalized spacial score (nSPS) is 23.1. The van der Waals surface area contributed by atoms with Crippen LogP contribution in [0.2, 0.25) is 0 Å². The Balaban J connectivity index is 1.42. The molecule has 1 aliphatic heterocycles. The van der Waals surface area contributed by atoms with Crippen molar-refractivity contribution in [2.75, 3.05) is 25.9 Å². The Labute approximate surface area is 224 Å². The number of Topliss-reactive ketones (excluding diaryl/α,β-unsaturated/α-hetero) is 1. The van der Waals surface area contributed by atoms with E-state index < -0.39 is 11.6 Å². The topological polar surface area (TPSA) is 137 Å². The van der Waals surface area contributed by atoms with Gasteiger partial charge in [-0.2, -0.15) is 0 Å². The van der Waals surface area contributed by atoms with Crippen LogP contribution < -0.4 is 27.3 Å². The van der Waals surface area contributed by atoms with Gasteiger partial charge in [0.25, 0.3) is 5.91 Å². The predicted molar refractivity (Wildman–Crippen MR) is 149 cm³/mol. The molecule has 38 heavy (non-hydrogen) atoms. The molecule has 8 nitrogen and oxygen atoms in total. The number of nitrogen functional groups attached to an aromatic ring is 1. The van der Waals surface area contributed by atoms with Gasteiger partial charge in [0, 0.05) is 29.2 Å². The number of likely N-dealkylation sites (tertiary alicyclic amines) is 1. The molecule has 0 saturated carbocycles. The first kappa shape index (κ1) is 24.6. The van der Waals surface area contributed by atoms with Gasteiger partial charge in [-0.15, -0.1) is 11.3 Å². The third-order valence-corrected chi connectivity index (χ3v) is 8.79. The minimum Gasteiger partial charge on any atom is -0.457 e. The van der Waals surface area contributed by atoms with E-state index >= 15 is 0 Å². The molecule has 3 atom stereocenters. The fraction of sp³-hybridized carbons (Fsp3) is 0.241. The molecule has 3 aromatic carbocycles. The molecule has 9 heteroatoms. The first-order valence-corrected chi connectivity index (χ1v) is 13.4. The standard InChI is InChI=1S/C29H29N5O3S/c1-34-14-13-17(15-34)33-28(36)26-23-22-20(11-12-21(30)25(22)38-26)29(32,27(35)24(23)31)16-7-9-19(10-8-16)37-18-5-3-2-4-6-18/h2-12,17,24H,13-15,30-32H2,1H3,(H,33,36). The molecule has 1 amide bonds. The van der Waals surface area contributed by atoms with Gasteiger partial charge in [0.15, 0.2) is 5.78 Å². The minimum atomic E-state index is -1.51. The lowest BCUT2D eigenvalue weighted by atomic mass is 9.70. The molecule has 194 valence electrons. The second-order valence-electron chi connectivity index (χ2n) is 10.1. The van der Waals surface area contributed by atoms with E-state index in [0.717, 1.165) is 19.5 Å². The van der Waals surface area contributed by atoms with Crippen LogP contribution in [-0.2, 0) is 10.3 Å². The largest absolute Gasteiger partial charge is 0.457 e. The number of ether oxygens (including phenoxy) is 1. The Bertz CT molecular complexity index is 1550. The number of thiophene rings is 1. The van der Waals surface area contributed by atoms with E-state index in [1.54, 1.807) is 36.4 Å². The third kappa shape index (κ3) is 3.86. The zero-order valence-electron chi connectivity index (χ0n) is 20.9. The van der Waals surface area contributed by atoms with Crippen LogP contribution in [-0.4, -0.2) is 42.8 Å². The number of likely N-dealkylation sites (N-methyl/N-ethyl adjacent to an activating group) is 1. The van der Waals surface area contributed by atoms with Crippen LogP contribution >= 0.6 is 11.3 Å². The van der Waals surface area contributed by atoms with Crippen molar-refractivity contribution in [3.8, 4) is 11.5 Å². The van der Waals surface area contributed by atoms with Gasteiger partial charge >= 0.3 is 0 Å². The molecule has 0 spiro atoms. The number of carbonyl (C=O) groups is 2. The molecule has 0 radical (unpaired) electrons. The van der Waals surface area contributed by atoms with Gasteiger partial charge in [0.1, 0.15) is 17.0 Å². The molecule has 1 aromatic heterocycles. The summed E-state index contributed by atoms with van der Waals surface area (Å²) in [7, 11) is 2.03. The van der Waals surface area contributed by atoms with Crippen molar-refractivity contribution in [3.05, 3.63) is 88.3 Å². The van der Waals surface area contributed by atoms with Crippen molar-refractivity contribution in [1.29, 1.82) is 0 Å². The van der Waals surface area contributed by atoms with E-state index in [1.165, 1.54) is 11.3 Å². The maximum atomic E-state index is 13.9. The van der Waals surface area contributed by atoms with Gasteiger partial charge in [0.2, 0.25) is 0 Å². The summed E-state index contributed by atoms with van der Waals surface area (Å²) in [6.45, 7) is 1.70. The molecule has 3 unspecified atom stereocenters. The van der Waals surface area contributed by atoms with E-state index in [-0.39, 0.29) is 17.7 Å². The van der Waals surface area contributed by atoms with Crippen molar-refractivity contribution >= 4 is 38.8 Å². The van der Waals surface area contributed by atoms with Crippen LogP contribution in [0, 0.1) is 0 Å². The average Bonchev–Trinajstić information content (AvgIpc) is 3.52. The number of nitrogens with one attached hydrogen (secondary N) is 1. The van der Waals surface area contributed by atoms with E-state index in [4.69, 9.17) is 21.9 Å². The number of amides is 1. The van der Waals surface area contributed by atoms with Gasteiger partial charge in [-0.3, -0.25) is 9.59 Å². The van der Waals surface area contributed by atoms with Crippen molar-refractivity contribution in [1.82, 2.24) is 10.2 Å². The number of nitrogens with zero attached hydrogens (tertiary/aromatic N) is 1. The summed E-state index contributed by atoms with van der Waals surface area (Å²) in [5, 5.41) is 3.81. The molecule has 7 N–H and O–H groups in total. The van der Waals surface area contributed by atoms with Crippen LogP contribution in [0.15, 0.2) is 66.7 Å². The Morgan fingerprint density at radius 2 is 1.79 bits per heavy atom. The Kier molecular flexibility index (Phi) is 5.96. The number of anilines is 1. The summed E-state index contributed by atoms with van der Waals surface area (Å²) >= 11 is 1.27. The molecule has 1 aliphatic carbocycles. The van der Waals surface area contributed by atoms with Crippen molar-refractivity contribution in [3.63, 3.8) is 0 Å². The van der Waals surface area contributed by atoms with Gasteiger partial charge in [-0.1, -0.05) is 36.4 Å². The van der Waals surface area contributed by atoms with Gasteiger partial charge in [0.05, 0.1) is 15.6 Å². The molecular formula is C29H29N5O3S. The van der Waals surface area contributed by atoms with Gasteiger partial charge < -0.3 is 32.2 Å². The van der Waals surface area contributed by atoms with Crippen molar-refractivity contribution in [2.24, 2.45) is 11.5 Å². The monoisotopic (exact) mass is 527 g/mol. The molecule has 2 aliphatic rings. The van der Waals surface area contributed by atoms with Crippen LogP contribution in [0.5, 0.6) is 11.5 Å². The molecule has 0 bridgehead atoms. The lowest BCUT2D eigenvalue weighted by Gasteiger charge is -2.36. The maximum Gasteiger partial charge on any atom is 0.262 e.